The van der Waals surface area contributed by atoms with Crippen LogP contribution in [-0.2, 0) is 0 Å². The van der Waals surface area contributed by atoms with Crippen molar-refractivity contribution < 1.29 is 0 Å². The maximum atomic E-state index is 8.65. The summed E-state index contributed by atoms with van der Waals surface area (Å²) < 4.78 is 0. The number of nitrogens with zero attached hydrogens (tertiary/aromatic N) is 2. The summed E-state index contributed by atoms with van der Waals surface area (Å²) in [6.07, 6.45) is 9.94. The predicted octanol–water partition coefficient (Wildman–Crippen LogP) is 2.12. The van der Waals surface area contributed by atoms with Crippen molar-refractivity contribution in [1.82, 2.24) is 4.90 Å². The van der Waals surface area contributed by atoms with Crippen molar-refractivity contribution in [3.63, 3.8) is 0 Å². The Bertz CT molecular complexity index is 140. The first-order valence-electron chi connectivity index (χ1n) is 4.47. The van der Waals surface area contributed by atoms with Gasteiger partial charge in [0.1, 0.15) is 0 Å². The van der Waals surface area contributed by atoms with Gasteiger partial charge < -0.3 is 4.90 Å². The molecule has 1 aliphatic carbocycles. The van der Waals surface area contributed by atoms with Crippen molar-refractivity contribution in [2.24, 2.45) is 0 Å². The highest BCUT2D eigenvalue weighted by molar-refractivity contribution is 4.80. The molecule has 0 heterocycles. The summed E-state index contributed by atoms with van der Waals surface area (Å²) in [6, 6.07) is 0.530. The summed E-state index contributed by atoms with van der Waals surface area (Å²) >= 11 is 0. The number of rotatable bonds is 1. The molecule has 2 heteroatoms. The molecule has 0 unspecified atom stereocenters. The molecule has 1 aliphatic rings. The lowest BCUT2D eigenvalue weighted by Crippen LogP contribution is -2.26. The van der Waals surface area contributed by atoms with E-state index < -0.39 is 0 Å². The molecule has 1 fully saturated rings. The average Bonchev–Trinajstić information content (AvgIpc) is 2.30. The Morgan fingerprint density at radius 3 is 2.18 bits per heavy atom. The number of nitriles is 1. The summed E-state index contributed by atoms with van der Waals surface area (Å²) in [4.78, 5) is 1.81. The number of hydrogen-bond acceptors (Lipinski definition) is 2. The van der Waals surface area contributed by atoms with E-state index in [1.165, 1.54) is 38.5 Å². The van der Waals surface area contributed by atoms with Crippen molar-refractivity contribution in [1.29, 1.82) is 5.26 Å². The second-order valence-corrected chi connectivity index (χ2v) is 3.36. The van der Waals surface area contributed by atoms with Crippen LogP contribution in [-0.4, -0.2) is 18.0 Å². The zero-order valence-corrected chi connectivity index (χ0v) is 7.21. The Morgan fingerprint density at radius 1 is 1.18 bits per heavy atom. The first-order chi connectivity index (χ1) is 5.34. The zero-order chi connectivity index (χ0) is 8.10. The fourth-order valence-electron chi connectivity index (χ4n) is 1.73. The molecule has 0 N–H and O–H groups in total. The van der Waals surface area contributed by atoms with E-state index in [1.807, 2.05) is 11.9 Å². The monoisotopic (exact) mass is 152 g/mol. The lowest BCUT2D eigenvalue weighted by Gasteiger charge is -2.20. The molecule has 1 saturated carbocycles. The van der Waals surface area contributed by atoms with E-state index in [1.54, 1.807) is 0 Å². The van der Waals surface area contributed by atoms with E-state index in [4.69, 9.17) is 5.26 Å². The third-order valence-corrected chi connectivity index (χ3v) is 2.53. The van der Waals surface area contributed by atoms with Gasteiger partial charge >= 0.3 is 0 Å². The third-order valence-electron chi connectivity index (χ3n) is 2.53. The quantitative estimate of drug-likeness (QED) is 0.327. The van der Waals surface area contributed by atoms with Crippen LogP contribution in [0.4, 0.5) is 0 Å². The molecular weight excluding hydrogens is 136 g/mol. The molecule has 0 aromatic carbocycles. The highest BCUT2D eigenvalue weighted by atomic mass is 15.1. The SMILES string of the molecule is CN(C#N)C1CCCCCC1. The molecule has 0 aliphatic heterocycles. The summed E-state index contributed by atoms with van der Waals surface area (Å²) in [5, 5.41) is 8.65. The van der Waals surface area contributed by atoms with Gasteiger partial charge in [-0.3, -0.25) is 0 Å². The standard InChI is InChI=1S/C9H16N2/c1-11(8-10)9-6-4-2-3-5-7-9/h9H,2-7H2,1H3. The van der Waals surface area contributed by atoms with Crippen LogP contribution in [0.2, 0.25) is 0 Å². The first kappa shape index (κ1) is 8.39. The Balaban J connectivity index is 2.37. The molecule has 0 amide bonds. The molecule has 2 nitrogen and oxygen atoms in total. The van der Waals surface area contributed by atoms with E-state index in [0.717, 1.165) is 0 Å². The van der Waals surface area contributed by atoms with E-state index in [0.29, 0.717) is 6.04 Å². The maximum Gasteiger partial charge on any atom is 0.179 e. The second-order valence-electron chi connectivity index (χ2n) is 3.36. The fourth-order valence-corrected chi connectivity index (χ4v) is 1.73. The van der Waals surface area contributed by atoms with Crippen molar-refractivity contribution >= 4 is 0 Å². The molecule has 0 aromatic heterocycles. The molecule has 0 aromatic rings. The Morgan fingerprint density at radius 2 is 1.73 bits per heavy atom. The molecule has 0 spiro atoms. The van der Waals surface area contributed by atoms with Gasteiger partial charge in [0.05, 0.1) is 0 Å². The largest absolute Gasteiger partial charge is 0.311 e. The molecule has 0 bridgehead atoms. The minimum atomic E-state index is 0.530. The normalized spacial score (nSPS) is 20.4. The lowest BCUT2D eigenvalue weighted by molar-refractivity contribution is 0.311. The molecule has 62 valence electrons. The van der Waals surface area contributed by atoms with E-state index in [2.05, 4.69) is 6.19 Å². The second kappa shape index (κ2) is 4.23. The Kier molecular flexibility index (Phi) is 3.22. The average molecular weight is 152 g/mol. The smallest absolute Gasteiger partial charge is 0.179 e. The minimum Gasteiger partial charge on any atom is -0.311 e. The van der Waals surface area contributed by atoms with Gasteiger partial charge in [-0.25, -0.2) is 0 Å². The van der Waals surface area contributed by atoms with Crippen LogP contribution in [0.5, 0.6) is 0 Å². The van der Waals surface area contributed by atoms with Crippen LogP contribution >= 0.6 is 0 Å². The van der Waals surface area contributed by atoms with Gasteiger partial charge in [0.25, 0.3) is 0 Å². The summed E-state index contributed by atoms with van der Waals surface area (Å²) in [5.41, 5.74) is 0. The van der Waals surface area contributed by atoms with Crippen LogP contribution < -0.4 is 0 Å². The fraction of sp³-hybridized carbons (Fsp3) is 0.889. The van der Waals surface area contributed by atoms with Crippen LogP contribution in [0, 0.1) is 11.5 Å². The number of hydrogen-bond donors (Lipinski definition) is 0. The van der Waals surface area contributed by atoms with Gasteiger partial charge in [-0.1, -0.05) is 25.7 Å². The van der Waals surface area contributed by atoms with Crippen LogP contribution in [0.25, 0.3) is 0 Å². The van der Waals surface area contributed by atoms with E-state index >= 15 is 0 Å². The van der Waals surface area contributed by atoms with E-state index in [-0.39, 0.29) is 0 Å². The van der Waals surface area contributed by atoms with Crippen molar-refractivity contribution in [2.75, 3.05) is 7.05 Å². The van der Waals surface area contributed by atoms with Gasteiger partial charge in [-0.05, 0) is 12.8 Å². The van der Waals surface area contributed by atoms with Gasteiger partial charge in [-0.2, -0.15) is 5.26 Å². The van der Waals surface area contributed by atoms with Gasteiger partial charge in [0.2, 0.25) is 0 Å². The first-order valence-corrected chi connectivity index (χ1v) is 4.47. The van der Waals surface area contributed by atoms with Crippen LogP contribution in [0.1, 0.15) is 38.5 Å². The lowest BCUT2D eigenvalue weighted by atomic mass is 10.1. The molecule has 0 atom stereocenters. The summed E-state index contributed by atoms with van der Waals surface area (Å²) in [6.45, 7) is 0. The minimum absolute atomic E-state index is 0.530. The Labute approximate surface area is 68.8 Å². The zero-order valence-electron chi connectivity index (χ0n) is 7.21. The van der Waals surface area contributed by atoms with Crippen LogP contribution in [0.3, 0.4) is 0 Å². The van der Waals surface area contributed by atoms with Crippen molar-refractivity contribution in [2.45, 2.75) is 44.6 Å². The van der Waals surface area contributed by atoms with E-state index in [9.17, 15) is 0 Å². The van der Waals surface area contributed by atoms with Gasteiger partial charge in [-0.15, -0.1) is 0 Å². The van der Waals surface area contributed by atoms with Crippen molar-refractivity contribution in [3.8, 4) is 6.19 Å². The van der Waals surface area contributed by atoms with Gasteiger partial charge in [0, 0.05) is 13.1 Å². The molecule has 11 heavy (non-hydrogen) atoms. The molecule has 1 rings (SSSR count). The highest BCUT2D eigenvalue weighted by Gasteiger charge is 2.14. The molecule has 0 saturated heterocycles. The summed E-state index contributed by atoms with van der Waals surface area (Å²) in [7, 11) is 1.90. The Hall–Kier alpha value is -0.710. The highest BCUT2D eigenvalue weighted by Crippen LogP contribution is 2.20. The predicted molar refractivity (Wildman–Crippen MR) is 44.9 cm³/mol. The summed E-state index contributed by atoms with van der Waals surface area (Å²) in [5.74, 6) is 0. The topological polar surface area (TPSA) is 27.0 Å². The molecular formula is C9H16N2. The maximum absolute atomic E-state index is 8.65. The molecule has 0 radical (unpaired) electrons. The van der Waals surface area contributed by atoms with Crippen molar-refractivity contribution in [3.05, 3.63) is 0 Å². The van der Waals surface area contributed by atoms with Crippen LogP contribution in [0.15, 0.2) is 0 Å². The van der Waals surface area contributed by atoms with Gasteiger partial charge in [0.15, 0.2) is 6.19 Å². The third kappa shape index (κ3) is 2.42.